The molecule has 1 saturated heterocycles. The van der Waals surface area contributed by atoms with Gasteiger partial charge < -0.3 is 5.32 Å². The van der Waals surface area contributed by atoms with Gasteiger partial charge in [0, 0.05) is 25.7 Å². The Morgan fingerprint density at radius 1 is 1.11 bits per heavy atom. The third-order valence-electron chi connectivity index (χ3n) is 4.01. The van der Waals surface area contributed by atoms with Gasteiger partial charge in [-0.05, 0) is 23.9 Å². The van der Waals surface area contributed by atoms with Gasteiger partial charge >= 0.3 is 0 Å². The molecular weight excluding hydrogens is 220 g/mol. The SMILES string of the molecule is CCNC1[C@H](C)CN(Cc2ccccc2)C[C@@H]1C. The van der Waals surface area contributed by atoms with Crippen LogP contribution in [0.25, 0.3) is 0 Å². The van der Waals surface area contributed by atoms with E-state index in [9.17, 15) is 0 Å². The van der Waals surface area contributed by atoms with Crippen LogP contribution in [0.15, 0.2) is 30.3 Å². The Morgan fingerprint density at radius 3 is 2.28 bits per heavy atom. The highest BCUT2D eigenvalue weighted by Crippen LogP contribution is 2.23. The van der Waals surface area contributed by atoms with Gasteiger partial charge in [0.2, 0.25) is 0 Å². The second-order valence-electron chi connectivity index (χ2n) is 5.72. The molecule has 18 heavy (non-hydrogen) atoms. The van der Waals surface area contributed by atoms with E-state index in [2.05, 4.69) is 61.3 Å². The van der Waals surface area contributed by atoms with Gasteiger partial charge in [-0.1, -0.05) is 51.1 Å². The Morgan fingerprint density at radius 2 is 1.72 bits per heavy atom. The summed E-state index contributed by atoms with van der Waals surface area (Å²) >= 11 is 0. The molecule has 0 radical (unpaired) electrons. The molecule has 2 nitrogen and oxygen atoms in total. The van der Waals surface area contributed by atoms with Crippen molar-refractivity contribution in [2.24, 2.45) is 11.8 Å². The number of nitrogens with one attached hydrogen (secondary N) is 1. The highest BCUT2D eigenvalue weighted by atomic mass is 15.2. The molecule has 1 heterocycles. The van der Waals surface area contributed by atoms with E-state index in [0.29, 0.717) is 6.04 Å². The highest BCUT2D eigenvalue weighted by molar-refractivity contribution is 5.14. The van der Waals surface area contributed by atoms with Crippen LogP contribution in [-0.2, 0) is 6.54 Å². The van der Waals surface area contributed by atoms with Gasteiger partial charge in [0.05, 0.1) is 0 Å². The molecule has 1 aliphatic rings. The van der Waals surface area contributed by atoms with E-state index in [-0.39, 0.29) is 0 Å². The predicted molar refractivity (Wildman–Crippen MR) is 77.5 cm³/mol. The van der Waals surface area contributed by atoms with E-state index in [4.69, 9.17) is 0 Å². The van der Waals surface area contributed by atoms with Crippen LogP contribution in [0.1, 0.15) is 26.3 Å². The van der Waals surface area contributed by atoms with Crippen molar-refractivity contribution in [3.8, 4) is 0 Å². The first kappa shape index (κ1) is 13.6. The van der Waals surface area contributed by atoms with Crippen molar-refractivity contribution in [1.82, 2.24) is 10.2 Å². The predicted octanol–water partition coefficient (Wildman–Crippen LogP) is 2.75. The standard InChI is InChI=1S/C16H26N2/c1-4-17-16-13(2)10-18(11-14(16)3)12-15-8-6-5-7-9-15/h5-9,13-14,16-17H,4,10-12H2,1-3H3/t13-,14+,16?. The molecule has 1 aliphatic heterocycles. The van der Waals surface area contributed by atoms with Crippen LogP contribution >= 0.6 is 0 Å². The number of hydrogen-bond donors (Lipinski definition) is 1. The van der Waals surface area contributed by atoms with Gasteiger partial charge in [-0.15, -0.1) is 0 Å². The Hall–Kier alpha value is -0.860. The van der Waals surface area contributed by atoms with Crippen LogP contribution in [0.2, 0.25) is 0 Å². The average molecular weight is 246 g/mol. The molecule has 0 amide bonds. The largest absolute Gasteiger partial charge is 0.314 e. The van der Waals surface area contributed by atoms with Crippen molar-refractivity contribution in [2.45, 2.75) is 33.4 Å². The van der Waals surface area contributed by atoms with Crippen LogP contribution in [0.3, 0.4) is 0 Å². The van der Waals surface area contributed by atoms with Crippen LogP contribution in [0.4, 0.5) is 0 Å². The van der Waals surface area contributed by atoms with Gasteiger partial charge in [0.15, 0.2) is 0 Å². The molecule has 3 atom stereocenters. The van der Waals surface area contributed by atoms with Crippen molar-refractivity contribution in [2.75, 3.05) is 19.6 Å². The summed E-state index contributed by atoms with van der Waals surface area (Å²) in [5, 5.41) is 3.64. The maximum Gasteiger partial charge on any atom is 0.0233 e. The minimum atomic E-state index is 0.682. The summed E-state index contributed by atoms with van der Waals surface area (Å²) in [6.45, 7) is 11.5. The van der Waals surface area contributed by atoms with E-state index in [1.807, 2.05) is 0 Å². The number of nitrogens with zero attached hydrogens (tertiary/aromatic N) is 1. The number of benzene rings is 1. The molecule has 1 fully saturated rings. The summed E-state index contributed by atoms with van der Waals surface area (Å²) < 4.78 is 0. The van der Waals surface area contributed by atoms with Crippen LogP contribution in [0.5, 0.6) is 0 Å². The van der Waals surface area contributed by atoms with E-state index in [0.717, 1.165) is 24.9 Å². The second-order valence-corrected chi connectivity index (χ2v) is 5.72. The Labute approximate surface area is 111 Å². The summed E-state index contributed by atoms with van der Waals surface area (Å²) in [6, 6.07) is 11.5. The van der Waals surface area contributed by atoms with Gasteiger partial charge in [0.25, 0.3) is 0 Å². The van der Waals surface area contributed by atoms with Crippen molar-refractivity contribution in [3.63, 3.8) is 0 Å². The zero-order valence-electron chi connectivity index (χ0n) is 11.9. The topological polar surface area (TPSA) is 15.3 Å². The maximum absolute atomic E-state index is 3.64. The van der Waals surface area contributed by atoms with Crippen LogP contribution in [-0.4, -0.2) is 30.6 Å². The molecule has 0 bridgehead atoms. The summed E-state index contributed by atoms with van der Waals surface area (Å²) in [4.78, 5) is 2.60. The van der Waals surface area contributed by atoms with Crippen molar-refractivity contribution in [1.29, 1.82) is 0 Å². The average Bonchev–Trinajstić information content (AvgIpc) is 2.35. The Bertz CT molecular complexity index is 337. The van der Waals surface area contributed by atoms with Crippen LogP contribution < -0.4 is 5.32 Å². The van der Waals surface area contributed by atoms with Gasteiger partial charge in [-0.2, -0.15) is 0 Å². The molecule has 1 aromatic carbocycles. The molecule has 0 saturated carbocycles. The zero-order valence-corrected chi connectivity index (χ0v) is 11.9. The first-order chi connectivity index (χ1) is 8.70. The molecule has 0 aromatic heterocycles. The number of piperidine rings is 1. The summed E-state index contributed by atoms with van der Waals surface area (Å²) in [5.41, 5.74) is 1.43. The third-order valence-corrected chi connectivity index (χ3v) is 4.01. The summed E-state index contributed by atoms with van der Waals surface area (Å²) in [6.07, 6.45) is 0. The Balaban J connectivity index is 1.93. The second kappa shape index (κ2) is 6.35. The molecule has 1 aromatic rings. The zero-order chi connectivity index (χ0) is 13.0. The summed E-state index contributed by atoms with van der Waals surface area (Å²) in [7, 11) is 0. The lowest BCUT2D eigenvalue weighted by atomic mass is 9.85. The fourth-order valence-corrected chi connectivity index (χ4v) is 3.29. The van der Waals surface area contributed by atoms with E-state index < -0.39 is 0 Å². The van der Waals surface area contributed by atoms with Gasteiger partial charge in [-0.25, -0.2) is 0 Å². The molecule has 2 heteroatoms. The quantitative estimate of drug-likeness (QED) is 0.879. The third kappa shape index (κ3) is 3.33. The molecule has 100 valence electrons. The van der Waals surface area contributed by atoms with E-state index in [1.54, 1.807) is 0 Å². The molecule has 0 aliphatic carbocycles. The fraction of sp³-hybridized carbons (Fsp3) is 0.625. The number of hydrogen-bond acceptors (Lipinski definition) is 2. The minimum Gasteiger partial charge on any atom is -0.314 e. The van der Waals surface area contributed by atoms with E-state index >= 15 is 0 Å². The number of likely N-dealkylation sites (tertiary alicyclic amines) is 1. The van der Waals surface area contributed by atoms with E-state index in [1.165, 1.54) is 18.7 Å². The van der Waals surface area contributed by atoms with Gasteiger partial charge in [0.1, 0.15) is 0 Å². The monoisotopic (exact) mass is 246 g/mol. The lowest BCUT2D eigenvalue weighted by Gasteiger charge is -2.41. The fourth-order valence-electron chi connectivity index (χ4n) is 3.29. The Kier molecular flexibility index (Phi) is 4.79. The normalized spacial score (nSPS) is 29.4. The smallest absolute Gasteiger partial charge is 0.0233 e. The van der Waals surface area contributed by atoms with Crippen molar-refractivity contribution >= 4 is 0 Å². The van der Waals surface area contributed by atoms with Crippen molar-refractivity contribution in [3.05, 3.63) is 35.9 Å². The maximum atomic E-state index is 3.64. The number of rotatable bonds is 4. The lowest BCUT2D eigenvalue weighted by molar-refractivity contribution is 0.0958. The molecule has 1 unspecified atom stereocenters. The van der Waals surface area contributed by atoms with Gasteiger partial charge in [-0.3, -0.25) is 4.90 Å². The molecule has 0 spiro atoms. The van der Waals surface area contributed by atoms with Crippen LogP contribution in [0, 0.1) is 11.8 Å². The van der Waals surface area contributed by atoms with Crippen molar-refractivity contribution < 1.29 is 0 Å². The molecule has 1 N–H and O–H groups in total. The highest BCUT2D eigenvalue weighted by Gasteiger charge is 2.30. The molecule has 2 rings (SSSR count). The molecular formula is C16H26N2. The summed E-state index contributed by atoms with van der Waals surface area (Å²) in [5.74, 6) is 1.47. The first-order valence-electron chi connectivity index (χ1n) is 7.20. The first-order valence-corrected chi connectivity index (χ1v) is 7.20. The minimum absolute atomic E-state index is 0.682. The lowest BCUT2D eigenvalue weighted by Crippen LogP contribution is -2.53.